The Hall–Kier alpha value is -3.10. The van der Waals surface area contributed by atoms with E-state index in [9.17, 15) is 9.59 Å². The zero-order chi connectivity index (χ0) is 19.4. The van der Waals surface area contributed by atoms with Gasteiger partial charge in [-0.2, -0.15) is 0 Å². The third-order valence-electron chi connectivity index (χ3n) is 4.32. The number of hydrogen-bond acceptors (Lipinski definition) is 7. The Bertz CT molecular complexity index is 1020. The van der Waals surface area contributed by atoms with Gasteiger partial charge in [-0.1, -0.05) is 13.3 Å². The Balaban J connectivity index is 1.79. The molecule has 0 aliphatic rings. The van der Waals surface area contributed by atoms with E-state index >= 15 is 0 Å². The summed E-state index contributed by atoms with van der Waals surface area (Å²) in [5, 5.41) is 11.4. The molecule has 9 nitrogen and oxygen atoms in total. The summed E-state index contributed by atoms with van der Waals surface area (Å²) >= 11 is 0. The molecule has 0 amide bonds. The first-order valence-corrected chi connectivity index (χ1v) is 8.98. The lowest BCUT2D eigenvalue weighted by Crippen LogP contribution is -2.23. The highest BCUT2D eigenvalue weighted by atomic mass is 16.5. The fourth-order valence-electron chi connectivity index (χ4n) is 2.84. The smallest absolute Gasteiger partial charge is 0.338 e. The predicted molar refractivity (Wildman–Crippen MR) is 98.3 cm³/mol. The number of benzene rings is 1. The number of carbonyl (C=O) groups excluding carboxylic acids is 1. The van der Waals surface area contributed by atoms with Crippen molar-refractivity contribution >= 4 is 17.0 Å². The number of esters is 1. The number of unbranched alkanes of at least 4 members (excludes halogenated alkanes) is 1. The zero-order valence-corrected chi connectivity index (χ0v) is 15.7. The fraction of sp³-hybridized carbons (Fsp3) is 0.444. The van der Waals surface area contributed by atoms with Crippen LogP contribution in [-0.2, 0) is 24.4 Å². The van der Waals surface area contributed by atoms with Crippen molar-refractivity contribution in [1.29, 1.82) is 0 Å². The standard InChI is InChI=1S/C18H22N6O3/c1-4-6-9-24-16(20-21-22-24)11-27-18(26)13-7-8-15-14(10-13)19-12(3)17(25)23(15)5-2/h7-8,10H,4-6,9,11H2,1-3H3. The number of carbonyl (C=O) groups is 1. The van der Waals surface area contributed by atoms with Crippen LogP contribution in [0.5, 0.6) is 0 Å². The van der Waals surface area contributed by atoms with E-state index in [0.717, 1.165) is 12.8 Å². The van der Waals surface area contributed by atoms with Crippen LogP contribution in [0.3, 0.4) is 0 Å². The molecule has 142 valence electrons. The maximum Gasteiger partial charge on any atom is 0.338 e. The number of ether oxygens (including phenoxy) is 1. The summed E-state index contributed by atoms with van der Waals surface area (Å²) in [6.07, 6.45) is 1.96. The highest BCUT2D eigenvalue weighted by molar-refractivity contribution is 5.93. The molecule has 0 radical (unpaired) electrons. The third-order valence-corrected chi connectivity index (χ3v) is 4.32. The number of fused-ring (bicyclic) bond motifs is 1. The molecule has 0 saturated carbocycles. The van der Waals surface area contributed by atoms with Gasteiger partial charge in [0.1, 0.15) is 5.69 Å². The average Bonchev–Trinajstić information content (AvgIpc) is 3.12. The topological polar surface area (TPSA) is 105 Å². The highest BCUT2D eigenvalue weighted by Crippen LogP contribution is 2.15. The van der Waals surface area contributed by atoms with Gasteiger partial charge in [0.15, 0.2) is 12.4 Å². The monoisotopic (exact) mass is 370 g/mol. The molecule has 3 rings (SSSR count). The highest BCUT2D eigenvalue weighted by Gasteiger charge is 2.14. The number of tetrazole rings is 1. The van der Waals surface area contributed by atoms with Crippen molar-refractivity contribution in [2.45, 2.75) is 53.3 Å². The molecule has 2 aromatic heterocycles. The maximum absolute atomic E-state index is 12.4. The zero-order valence-electron chi connectivity index (χ0n) is 15.7. The molecule has 0 fully saturated rings. The van der Waals surface area contributed by atoms with Crippen LogP contribution >= 0.6 is 0 Å². The Morgan fingerprint density at radius 3 is 2.81 bits per heavy atom. The van der Waals surface area contributed by atoms with Crippen LogP contribution < -0.4 is 5.56 Å². The van der Waals surface area contributed by atoms with Crippen LogP contribution in [0.1, 0.15) is 48.6 Å². The lowest BCUT2D eigenvalue weighted by Gasteiger charge is -2.10. The minimum atomic E-state index is -0.490. The summed E-state index contributed by atoms with van der Waals surface area (Å²) in [7, 11) is 0. The molecule has 3 aromatic rings. The Morgan fingerprint density at radius 1 is 1.26 bits per heavy atom. The van der Waals surface area contributed by atoms with Gasteiger partial charge in [0.2, 0.25) is 0 Å². The van der Waals surface area contributed by atoms with Crippen LogP contribution in [-0.4, -0.2) is 35.7 Å². The molecule has 27 heavy (non-hydrogen) atoms. The number of aromatic nitrogens is 6. The van der Waals surface area contributed by atoms with Crippen LogP contribution in [0.15, 0.2) is 23.0 Å². The largest absolute Gasteiger partial charge is 0.454 e. The van der Waals surface area contributed by atoms with Gasteiger partial charge in [-0.15, -0.1) is 5.10 Å². The number of nitrogens with zero attached hydrogens (tertiary/aromatic N) is 6. The predicted octanol–water partition coefficient (Wildman–Crippen LogP) is 1.87. The van der Waals surface area contributed by atoms with E-state index in [1.54, 1.807) is 34.4 Å². The van der Waals surface area contributed by atoms with Crippen molar-refractivity contribution in [1.82, 2.24) is 29.8 Å². The van der Waals surface area contributed by atoms with Crippen molar-refractivity contribution in [2.75, 3.05) is 0 Å². The van der Waals surface area contributed by atoms with Gasteiger partial charge in [-0.3, -0.25) is 4.79 Å². The van der Waals surface area contributed by atoms with Crippen molar-refractivity contribution in [3.05, 3.63) is 45.6 Å². The van der Waals surface area contributed by atoms with E-state index in [2.05, 4.69) is 27.4 Å². The normalized spacial score (nSPS) is 11.1. The molecular weight excluding hydrogens is 348 g/mol. The number of aryl methyl sites for hydroxylation is 3. The second-order valence-electron chi connectivity index (χ2n) is 6.20. The third kappa shape index (κ3) is 3.86. The summed E-state index contributed by atoms with van der Waals surface area (Å²) in [5.41, 5.74) is 1.90. The molecule has 0 N–H and O–H groups in total. The minimum absolute atomic E-state index is 0.00546. The maximum atomic E-state index is 12.4. The summed E-state index contributed by atoms with van der Waals surface area (Å²) in [6, 6.07) is 4.98. The van der Waals surface area contributed by atoms with E-state index in [1.807, 2.05) is 6.92 Å². The summed E-state index contributed by atoms with van der Waals surface area (Å²) in [4.78, 5) is 28.9. The van der Waals surface area contributed by atoms with Gasteiger partial charge in [-0.05, 0) is 48.9 Å². The van der Waals surface area contributed by atoms with E-state index in [4.69, 9.17) is 4.74 Å². The molecule has 0 atom stereocenters. The quantitative estimate of drug-likeness (QED) is 0.585. The first kappa shape index (κ1) is 18.7. The molecule has 0 aliphatic carbocycles. The molecule has 0 aliphatic heterocycles. The SMILES string of the molecule is CCCCn1nnnc1COC(=O)c1ccc2c(c1)nc(C)c(=O)n2CC. The molecule has 0 bridgehead atoms. The Kier molecular flexibility index (Phi) is 5.58. The van der Waals surface area contributed by atoms with Crippen LogP contribution in [0, 0.1) is 6.92 Å². The Morgan fingerprint density at radius 2 is 2.07 bits per heavy atom. The lowest BCUT2D eigenvalue weighted by atomic mass is 10.2. The minimum Gasteiger partial charge on any atom is -0.454 e. The fourth-order valence-corrected chi connectivity index (χ4v) is 2.84. The first-order valence-electron chi connectivity index (χ1n) is 8.98. The van der Waals surface area contributed by atoms with E-state index < -0.39 is 5.97 Å². The van der Waals surface area contributed by atoms with Crippen molar-refractivity contribution < 1.29 is 9.53 Å². The van der Waals surface area contributed by atoms with Crippen molar-refractivity contribution in [3.63, 3.8) is 0 Å². The van der Waals surface area contributed by atoms with Gasteiger partial charge in [0, 0.05) is 13.1 Å². The van der Waals surface area contributed by atoms with Crippen LogP contribution in [0.4, 0.5) is 0 Å². The molecule has 0 spiro atoms. The van der Waals surface area contributed by atoms with Gasteiger partial charge in [0.25, 0.3) is 5.56 Å². The first-order chi connectivity index (χ1) is 13.0. The van der Waals surface area contributed by atoms with E-state index in [-0.39, 0.29) is 12.2 Å². The molecule has 2 heterocycles. The van der Waals surface area contributed by atoms with Gasteiger partial charge >= 0.3 is 5.97 Å². The van der Waals surface area contributed by atoms with Crippen molar-refractivity contribution in [2.24, 2.45) is 0 Å². The molecule has 0 saturated heterocycles. The summed E-state index contributed by atoms with van der Waals surface area (Å²) in [6.45, 7) is 6.85. The second kappa shape index (κ2) is 8.07. The average molecular weight is 370 g/mol. The van der Waals surface area contributed by atoms with Crippen LogP contribution in [0.25, 0.3) is 11.0 Å². The van der Waals surface area contributed by atoms with Gasteiger partial charge in [-0.25, -0.2) is 14.5 Å². The summed E-state index contributed by atoms with van der Waals surface area (Å²) in [5.74, 6) is 0.0158. The lowest BCUT2D eigenvalue weighted by molar-refractivity contribution is 0.0456. The van der Waals surface area contributed by atoms with E-state index in [1.165, 1.54) is 0 Å². The summed E-state index contributed by atoms with van der Waals surface area (Å²) < 4.78 is 8.63. The number of hydrogen-bond donors (Lipinski definition) is 0. The van der Waals surface area contributed by atoms with Crippen LogP contribution in [0.2, 0.25) is 0 Å². The van der Waals surface area contributed by atoms with Crippen molar-refractivity contribution in [3.8, 4) is 0 Å². The molecular formula is C18H22N6O3. The van der Waals surface area contributed by atoms with Gasteiger partial charge in [0.05, 0.1) is 16.6 Å². The second-order valence-corrected chi connectivity index (χ2v) is 6.20. The molecule has 0 unspecified atom stereocenters. The molecule has 1 aromatic carbocycles. The Labute approximate surface area is 156 Å². The van der Waals surface area contributed by atoms with Gasteiger partial charge < -0.3 is 9.30 Å². The molecule has 9 heteroatoms. The van der Waals surface area contributed by atoms with E-state index in [0.29, 0.717) is 41.2 Å². The number of rotatable bonds is 7.